The third kappa shape index (κ3) is 2.62. The van der Waals surface area contributed by atoms with Gasteiger partial charge in [-0.2, -0.15) is 10.1 Å². The Morgan fingerprint density at radius 3 is 2.39 bits per heavy atom. The van der Waals surface area contributed by atoms with Crippen molar-refractivity contribution in [1.29, 1.82) is 0 Å². The number of nitro groups is 1. The maximum Gasteiger partial charge on any atom is 0.282 e. The first-order valence-corrected chi connectivity index (χ1v) is 8.35. The molecule has 0 fully saturated rings. The van der Waals surface area contributed by atoms with Gasteiger partial charge in [-0.1, -0.05) is 23.7 Å². The van der Waals surface area contributed by atoms with Gasteiger partial charge in [-0.15, -0.1) is 0 Å². The summed E-state index contributed by atoms with van der Waals surface area (Å²) in [5.74, 6) is -2.20. The average Bonchev–Trinajstić information content (AvgIpc) is 2.67. The van der Waals surface area contributed by atoms with E-state index in [2.05, 4.69) is 5.10 Å². The van der Waals surface area contributed by atoms with Gasteiger partial charge in [0, 0.05) is 17.0 Å². The van der Waals surface area contributed by atoms with Crippen LogP contribution < -0.4 is 0 Å². The lowest BCUT2D eigenvalue weighted by molar-refractivity contribution is -0.383. The van der Waals surface area contributed by atoms with Gasteiger partial charge in [-0.25, -0.2) is 4.39 Å². The van der Waals surface area contributed by atoms with Gasteiger partial charge in [0.1, 0.15) is 5.82 Å². The van der Waals surface area contributed by atoms with E-state index in [9.17, 15) is 24.1 Å². The van der Waals surface area contributed by atoms with Gasteiger partial charge in [-0.05, 0) is 30.3 Å². The Kier molecular flexibility index (Phi) is 4.12. The number of non-ortho nitro benzene ring substituents is 1. The number of halogens is 2. The predicted octanol–water partition coefficient (Wildman–Crippen LogP) is 4.17. The Morgan fingerprint density at radius 2 is 1.71 bits per heavy atom. The van der Waals surface area contributed by atoms with Gasteiger partial charge in [0.25, 0.3) is 17.5 Å². The molecule has 0 atom stereocenters. The summed E-state index contributed by atoms with van der Waals surface area (Å²) in [6, 6.07) is 10.9. The molecule has 1 aliphatic rings. The van der Waals surface area contributed by atoms with Crippen LogP contribution in [-0.2, 0) is 0 Å². The number of hydrogen-bond donors (Lipinski definition) is 0. The molecule has 4 rings (SSSR count). The number of nitrogens with zero attached hydrogens (tertiary/aromatic N) is 3. The minimum absolute atomic E-state index is 0.0683. The minimum atomic E-state index is -0.771. The van der Waals surface area contributed by atoms with E-state index < -0.39 is 22.6 Å². The van der Waals surface area contributed by atoms with Crippen LogP contribution in [0.15, 0.2) is 53.6 Å². The van der Waals surface area contributed by atoms with Gasteiger partial charge in [0.2, 0.25) is 0 Å². The zero-order chi connectivity index (χ0) is 20.0. The smallest absolute Gasteiger partial charge is 0.267 e. The summed E-state index contributed by atoms with van der Waals surface area (Å²) in [5, 5.41) is 16.1. The molecule has 0 spiro atoms. The molecule has 2 amide bonds. The molecule has 3 aromatic carbocycles. The third-order valence-corrected chi connectivity index (χ3v) is 4.69. The summed E-state index contributed by atoms with van der Waals surface area (Å²) in [6.07, 6.45) is 0.990. The van der Waals surface area contributed by atoms with Gasteiger partial charge in [0.05, 0.1) is 32.7 Å². The number of hydrazone groups is 1. The van der Waals surface area contributed by atoms with Crippen LogP contribution in [0.1, 0.15) is 26.3 Å². The van der Waals surface area contributed by atoms with Crippen LogP contribution in [0.2, 0.25) is 5.02 Å². The normalized spacial score (nSPS) is 13.6. The number of carbonyl (C=O) groups excluding carboxylic acids is 2. The molecular formula is C19H9ClFN3O4. The van der Waals surface area contributed by atoms with Gasteiger partial charge < -0.3 is 0 Å². The van der Waals surface area contributed by atoms with Crippen molar-refractivity contribution in [2.24, 2.45) is 5.10 Å². The molecule has 9 heteroatoms. The molecule has 0 aliphatic carbocycles. The molecule has 0 radical (unpaired) electrons. The zero-order valence-corrected chi connectivity index (χ0v) is 14.7. The Balaban J connectivity index is 1.85. The fourth-order valence-electron chi connectivity index (χ4n) is 3.08. The predicted molar refractivity (Wildman–Crippen MR) is 100 cm³/mol. The van der Waals surface area contributed by atoms with E-state index in [1.165, 1.54) is 48.5 Å². The molecule has 138 valence electrons. The van der Waals surface area contributed by atoms with Crippen LogP contribution in [0.25, 0.3) is 10.8 Å². The molecule has 0 saturated heterocycles. The molecule has 0 saturated carbocycles. The molecule has 0 N–H and O–H groups in total. The van der Waals surface area contributed by atoms with Crippen LogP contribution in [0.3, 0.4) is 0 Å². The number of amides is 2. The molecule has 28 heavy (non-hydrogen) atoms. The van der Waals surface area contributed by atoms with Crippen LogP contribution in [-0.4, -0.2) is 28.0 Å². The fraction of sp³-hybridized carbons (Fsp3) is 0. The van der Waals surface area contributed by atoms with E-state index >= 15 is 0 Å². The molecule has 0 unspecified atom stereocenters. The number of benzene rings is 3. The van der Waals surface area contributed by atoms with E-state index in [1.54, 1.807) is 0 Å². The monoisotopic (exact) mass is 397 g/mol. The van der Waals surface area contributed by atoms with Crippen molar-refractivity contribution in [3.05, 3.63) is 86.2 Å². The van der Waals surface area contributed by atoms with E-state index in [4.69, 9.17) is 11.6 Å². The van der Waals surface area contributed by atoms with Crippen molar-refractivity contribution in [2.75, 3.05) is 0 Å². The van der Waals surface area contributed by atoms with Crippen molar-refractivity contribution in [3.8, 4) is 0 Å². The molecule has 1 aliphatic heterocycles. The zero-order valence-electron chi connectivity index (χ0n) is 13.9. The van der Waals surface area contributed by atoms with E-state index in [0.29, 0.717) is 5.01 Å². The lowest BCUT2D eigenvalue weighted by Gasteiger charge is -2.23. The van der Waals surface area contributed by atoms with Crippen LogP contribution >= 0.6 is 11.6 Å². The molecule has 1 heterocycles. The highest BCUT2D eigenvalue weighted by atomic mass is 35.5. The number of rotatable bonds is 3. The number of nitro benzene ring substituents is 1. The highest BCUT2D eigenvalue weighted by Gasteiger charge is 2.34. The maximum atomic E-state index is 13.9. The largest absolute Gasteiger partial charge is 0.282 e. The molecular weight excluding hydrogens is 389 g/mol. The van der Waals surface area contributed by atoms with Crippen LogP contribution in [0.5, 0.6) is 0 Å². The van der Waals surface area contributed by atoms with Crippen molar-refractivity contribution in [2.45, 2.75) is 0 Å². The first-order chi connectivity index (χ1) is 13.4. The topological polar surface area (TPSA) is 92.9 Å². The van der Waals surface area contributed by atoms with Gasteiger partial charge >= 0.3 is 0 Å². The summed E-state index contributed by atoms with van der Waals surface area (Å²) in [5.41, 5.74) is -0.103. The Labute approximate surface area is 161 Å². The fourth-order valence-corrected chi connectivity index (χ4v) is 3.29. The van der Waals surface area contributed by atoms with E-state index in [-0.39, 0.29) is 38.2 Å². The first kappa shape index (κ1) is 17.7. The van der Waals surface area contributed by atoms with Crippen LogP contribution in [0.4, 0.5) is 10.1 Å². The minimum Gasteiger partial charge on any atom is -0.267 e. The Hall–Kier alpha value is -3.65. The number of imide groups is 1. The summed E-state index contributed by atoms with van der Waals surface area (Å²) < 4.78 is 13.9. The van der Waals surface area contributed by atoms with Crippen molar-refractivity contribution >= 4 is 46.1 Å². The van der Waals surface area contributed by atoms with Crippen molar-refractivity contribution in [1.82, 2.24) is 5.01 Å². The molecule has 3 aromatic rings. The summed E-state index contributed by atoms with van der Waals surface area (Å²) in [4.78, 5) is 36.2. The average molecular weight is 398 g/mol. The highest BCUT2D eigenvalue weighted by molar-refractivity contribution is 6.33. The van der Waals surface area contributed by atoms with Crippen LogP contribution in [0, 0.1) is 15.9 Å². The summed E-state index contributed by atoms with van der Waals surface area (Å²) in [6.45, 7) is 0. The lowest BCUT2D eigenvalue weighted by Crippen LogP contribution is -2.36. The summed E-state index contributed by atoms with van der Waals surface area (Å²) >= 11 is 5.93. The molecule has 0 aromatic heterocycles. The SMILES string of the molecule is O=C1c2cccc3c([N+](=O)[O-])ccc(c23)C(=O)N1/N=C\c1c(F)cccc1Cl. The second kappa shape index (κ2) is 6.50. The third-order valence-electron chi connectivity index (χ3n) is 4.36. The second-order valence-electron chi connectivity index (χ2n) is 5.92. The van der Waals surface area contributed by atoms with Gasteiger partial charge in [0.15, 0.2) is 0 Å². The van der Waals surface area contributed by atoms with E-state index in [1.807, 2.05) is 0 Å². The Morgan fingerprint density at radius 1 is 1.04 bits per heavy atom. The first-order valence-electron chi connectivity index (χ1n) is 7.97. The standard InChI is InChI=1S/C19H9ClFN3O4/c20-14-5-2-6-15(21)13(14)9-22-23-18(25)11-4-1-3-10-16(24(27)28)8-7-12(17(10)11)19(23)26/h1-9H/b22-9-. The molecule has 7 nitrogen and oxygen atoms in total. The van der Waals surface area contributed by atoms with E-state index in [0.717, 1.165) is 6.21 Å². The van der Waals surface area contributed by atoms with Crippen molar-refractivity contribution < 1.29 is 18.9 Å². The summed E-state index contributed by atoms with van der Waals surface area (Å²) in [7, 11) is 0. The lowest BCUT2D eigenvalue weighted by atomic mass is 9.94. The maximum absolute atomic E-state index is 13.9. The second-order valence-corrected chi connectivity index (χ2v) is 6.33. The Bertz CT molecular complexity index is 1180. The van der Waals surface area contributed by atoms with Gasteiger partial charge in [-0.3, -0.25) is 19.7 Å². The van der Waals surface area contributed by atoms with Crippen molar-refractivity contribution in [3.63, 3.8) is 0 Å². The number of carbonyl (C=O) groups is 2. The quantitative estimate of drug-likeness (QED) is 0.287. The highest BCUT2D eigenvalue weighted by Crippen LogP contribution is 2.35. The molecule has 0 bridgehead atoms. The number of hydrogen-bond acceptors (Lipinski definition) is 5.